The number of aromatic nitrogens is 1. The van der Waals surface area contributed by atoms with Gasteiger partial charge in [0.15, 0.2) is 5.78 Å². The first-order chi connectivity index (χ1) is 16.7. The van der Waals surface area contributed by atoms with E-state index in [-0.39, 0.29) is 16.9 Å². The summed E-state index contributed by atoms with van der Waals surface area (Å²) in [6.07, 6.45) is 4.55. The summed E-state index contributed by atoms with van der Waals surface area (Å²) in [6.45, 7) is 5.88. The summed E-state index contributed by atoms with van der Waals surface area (Å²) in [7, 11) is 0. The van der Waals surface area contributed by atoms with Crippen molar-refractivity contribution in [2.45, 2.75) is 39.5 Å². The van der Waals surface area contributed by atoms with E-state index in [0.29, 0.717) is 35.5 Å². The highest BCUT2D eigenvalue weighted by molar-refractivity contribution is 7.10. The number of thiophene rings is 1. The van der Waals surface area contributed by atoms with Crippen LogP contribution in [0.5, 0.6) is 0 Å². The number of hydrogen-bond donors (Lipinski definition) is 0. The lowest BCUT2D eigenvalue weighted by Gasteiger charge is -2.44. The second-order valence-electron chi connectivity index (χ2n) is 9.77. The monoisotopic (exact) mass is 484 g/mol. The molecule has 7 nitrogen and oxygen atoms in total. The number of nitro benzene ring substituents is 1. The van der Waals surface area contributed by atoms with Crippen LogP contribution in [0.3, 0.4) is 0 Å². The van der Waals surface area contributed by atoms with Crippen molar-refractivity contribution in [1.82, 2.24) is 4.57 Å². The summed E-state index contributed by atoms with van der Waals surface area (Å²) in [5.41, 5.74) is 2.39. The van der Waals surface area contributed by atoms with Gasteiger partial charge in [0.2, 0.25) is 0 Å². The second-order valence-corrected chi connectivity index (χ2v) is 10.8. The molecule has 8 heteroatoms. The SMILES string of the molecule is Cc1ccc(N2C3=C(C(=O)CC(C)(C)C3)[C@@H](c3cccs3)C(C#N)=C2n2cccc2)c([N+](=O)[O-])c1. The van der Waals surface area contributed by atoms with Gasteiger partial charge in [-0.1, -0.05) is 26.0 Å². The number of nitriles is 1. The minimum Gasteiger partial charge on any atom is -0.309 e. The Balaban J connectivity index is 1.90. The third-order valence-electron chi connectivity index (χ3n) is 6.56. The van der Waals surface area contributed by atoms with Crippen molar-refractivity contribution in [3.63, 3.8) is 0 Å². The van der Waals surface area contributed by atoms with Crippen molar-refractivity contribution in [3.8, 4) is 6.07 Å². The molecule has 0 saturated carbocycles. The molecule has 2 aliphatic rings. The summed E-state index contributed by atoms with van der Waals surface area (Å²) >= 11 is 1.50. The van der Waals surface area contributed by atoms with Gasteiger partial charge in [-0.15, -0.1) is 11.3 Å². The van der Waals surface area contributed by atoms with Crippen LogP contribution >= 0.6 is 11.3 Å². The normalized spacial score (nSPS) is 19.5. The Morgan fingerprint density at radius 1 is 1.17 bits per heavy atom. The molecule has 0 saturated heterocycles. The van der Waals surface area contributed by atoms with Crippen molar-refractivity contribution < 1.29 is 9.72 Å². The molecule has 2 aromatic heterocycles. The lowest BCUT2D eigenvalue weighted by Crippen LogP contribution is -2.40. The smallest absolute Gasteiger partial charge is 0.293 e. The maximum atomic E-state index is 13.7. The highest BCUT2D eigenvalue weighted by atomic mass is 32.1. The first-order valence-corrected chi connectivity index (χ1v) is 12.2. The molecule has 3 heterocycles. The van der Waals surface area contributed by atoms with E-state index >= 15 is 0 Å². The molecule has 0 spiro atoms. The predicted octanol–water partition coefficient (Wildman–Crippen LogP) is 6.41. The average molecular weight is 485 g/mol. The maximum absolute atomic E-state index is 13.7. The molecule has 35 heavy (non-hydrogen) atoms. The number of rotatable bonds is 4. The molecule has 1 aliphatic carbocycles. The van der Waals surface area contributed by atoms with Crippen LogP contribution in [0.15, 0.2) is 77.1 Å². The summed E-state index contributed by atoms with van der Waals surface area (Å²) in [5, 5.41) is 24.6. The van der Waals surface area contributed by atoms with Gasteiger partial charge < -0.3 is 4.57 Å². The van der Waals surface area contributed by atoms with Gasteiger partial charge in [0.25, 0.3) is 5.69 Å². The number of allylic oxidation sites excluding steroid dienone is 3. The van der Waals surface area contributed by atoms with E-state index in [1.807, 2.05) is 66.5 Å². The van der Waals surface area contributed by atoms with Gasteiger partial charge >= 0.3 is 0 Å². The predicted molar refractivity (Wildman–Crippen MR) is 136 cm³/mol. The zero-order valence-corrected chi connectivity index (χ0v) is 20.5. The van der Waals surface area contributed by atoms with Crippen molar-refractivity contribution in [3.05, 3.63) is 97.6 Å². The molecule has 0 N–H and O–H groups in total. The molecule has 0 amide bonds. The molecule has 1 aliphatic heterocycles. The quantitative estimate of drug-likeness (QED) is 0.315. The zero-order valence-electron chi connectivity index (χ0n) is 19.7. The fourth-order valence-electron chi connectivity index (χ4n) is 5.16. The number of aryl methyl sites for hydroxylation is 1. The van der Waals surface area contributed by atoms with Gasteiger partial charge in [-0.3, -0.25) is 19.8 Å². The van der Waals surface area contributed by atoms with Crippen molar-refractivity contribution >= 4 is 34.3 Å². The lowest BCUT2D eigenvalue weighted by atomic mass is 9.69. The highest BCUT2D eigenvalue weighted by Crippen LogP contribution is 2.53. The molecule has 3 aromatic rings. The van der Waals surface area contributed by atoms with Gasteiger partial charge in [0.05, 0.1) is 22.5 Å². The van der Waals surface area contributed by atoms with Gasteiger partial charge in [-0.25, -0.2) is 0 Å². The molecular weight excluding hydrogens is 460 g/mol. The molecule has 1 atom stereocenters. The number of carbonyl (C=O) groups is 1. The summed E-state index contributed by atoms with van der Waals surface area (Å²) in [6, 6.07) is 15.0. The van der Waals surface area contributed by atoms with Crippen LogP contribution in [-0.4, -0.2) is 15.3 Å². The Hall–Kier alpha value is -3.96. The lowest BCUT2D eigenvalue weighted by molar-refractivity contribution is -0.384. The molecular formula is C27H24N4O3S. The summed E-state index contributed by atoms with van der Waals surface area (Å²) in [4.78, 5) is 28.2. The number of anilines is 1. The standard InChI is InChI=1S/C27H24N4O3S/c1-17-8-9-19(20(13-17)31(33)34)30-21-14-27(2,3)15-22(32)25(21)24(23-7-6-12-35-23)18(16-28)26(30)29-10-4-5-11-29/h4-13,24H,14-15H2,1-3H3/t24-/m1/s1. The minimum absolute atomic E-state index is 0.0197. The van der Waals surface area contributed by atoms with Crippen molar-refractivity contribution in [2.24, 2.45) is 5.41 Å². The number of hydrogen-bond acceptors (Lipinski definition) is 6. The Morgan fingerprint density at radius 3 is 2.54 bits per heavy atom. The summed E-state index contributed by atoms with van der Waals surface area (Å²) in [5.74, 6) is -0.0161. The first kappa shape index (κ1) is 22.8. The van der Waals surface area contributed by atoms with Crippen LogP contribution in [0, 0.1) is 33.8 Å². The number of nitro groups is 1. The van der Waals surface area contributed by atoms with Crippen LogP contribution < -0.4 is 4.90 Å². The van der Waals surface area contributed by atoms with Crippen LogP contribution in [0.2, 0.25) is 0 Å². The Kier molecular flexibility index (Phi) is 5.45. The number of carbonyl (C=O) groups excluding carboxylic acids is 1. The largest absolute Gasteiger partial charge is 0.309 e. The van der Waals surface area contributed by atoms with E-state index in [2.05, 4.69) is 6.07 Å². The third-order valence-corrected chi connectivity index (χ3v) is 7.50. The van der Waals surface area contributed by atoms with E-state index in [4.69, 9.17) is 0 Å². The van der Waals surface area contributed by atoms with Gasteiger partial charge in [-0.05, 0) is 54.0 Å². The molecule has 176 valence electrons. The van der Waals surface area contributed by atoms with Crippen LogP contribution in [0.1, 0.15) is 43.0 Å². The molecule has 5 rings (SSSR count). The number of ketones is 1. The topological polar surface area (TPSA) is 92.2 Å². The van der Waals surface area contributed by atoms with Gasteiger partial charge in [0, 0.05) is 41.0 Å². The fourth-order valence-corrected chi connectivity index (χ4v) is 6.01. The van der Waals surface area contributed by atoms with Crippen LogP contribution in [0.25, 0.3) is 5.82 Å². The van der Waals surface area contributed by atoms with Crippen LogP contribution in [0.4, 0.5) is 11.4 Å². The Labute approximate surface area is 207 Å². The molecule has 0 fully saturated rings. The van der Waals surface area contributed by atoms with Crippen molar-refractivity contribution in [1.29, 1.82) is 5.26 Å². The average Bonchev–Trinajstić information content (AvgIpc) is 3.51. The van der Waals surface area contributed by atoms with E-state index < -0.39 is 10.8 Å². The van der Waals surface area contributed by atoms with Crippen LogP contribution in [-0.2, 0) is 4.79 Å². The number of nitrogens with zero attached hydrogens (tertiary/aromatic N) is 4. The maximum Gasteiger partial charge on any atom is 0.293 e. The van der Waals surface area contributed by atoms with E-state index in [1.165, 1.54) is 17.4 Å². The number of Topliss-reactive ketones (excluding diaryl/α,β-unsaturated/α-hetero) is 1. The molecule has 0 unspecified atom stereocenters. The van der Waals surface area contributed by atoms with Gasteiger partial charge in [0.1, 0.15) is 11.5 Å². The zero-order chi connectivity index (χ0) is 24.9. The highest BCUT2D eigenvalue weighted by Gasteiger charge is 2.46. The fraction of sp³-hybridized carbons (Fsp3) is 0.259. The van der Waals surface area contributed by atoms with Crippen molar-refractivity contribution in [2.75, 3.05) is 4.90 Å². The molecule has 1 aromatic carbocycles. The Bertz CT molecular complexity index is 1440. The second kappa shape index (κ2) is 8.36. The Morgan fingerprint density at radius 2 is 1.91 bits per heavy atom. The van der Waals surface area contributed by atoms with E-state index in [1.54, 1.807) is 17.9 Å². The molecule has 0 bridgehead atoms. The summed E-state index contributed by atoms with van der Waals surface area (Å²) < 4.78 is 1.82. The third kappa shape index (κ3) is 3.78. The first-order valence-electron chi connectivity index (χ1n) is 11.3. The number of benzene rings is 1. The molecule has 0 radical (unpaired) electrons. The minimum atomic E-state index is -0.517. The van der Waals surface area contributed by atoms with Gasteiger partial charge in [-0.2, -0.15) is 5.26 Å². The van der Waals surface area contributed by atoms with E-state index in [9.17, 15) is 20.2 Å². The van der Waals surface area contributed by atoms with E-state index in [0.717, 1.165) is 16.1 Å².